The summed E-state index contributed by atoms with van der Waals surface area (Å²) in [6, 6.07) is 7.54. The molecular weight excluding hydrogens is 332 g/mol. The molecule has 0 N–H and O–H groups in total. The lowest BCUT2D eigenvalue weighted by atomic mass is 10.1. The summed E-state index contributed by atoms with van der Waals surface area (Å²) >= 11 is 0. The van der Waals surface area contributed by atoms with Crippen molar-refractivity contribution in [1.82, 2.24) is 19.5 Å². The van der Waals surface area contributed by atoms with Crippen LogP contribution in [0.3, 0.4) is 0 Å². The van der Waals surface area contributed by atoms with E-state index >= 15 is 0 Å². The van der Waals surface area contributed by atoms with Gasteiger partial charge in [0.05, 0.1) is 20.4 Å². The van der Waals surface area contributed by atoms with Crippen molar-refractivity contribution < 1.29 is 14.3 Å². The molecule has 3 aromatic rings. The lowest BCUT2D eigenvalue weighted by Gasteiger charge is -2.19. The van der Waals surface area contributed by atoms with Gasteiger partial charge >= 0.3 is 0 Å². The van der Waals surface area contributed by atoms with Crippen molar-refractivity contribution in [3.05, 3.63) is 53.0 Å². The minimum atomic E-state index is -0.151. The molecular formula is C19H22N4O3. The zero-order valence-corrected chi connectivity index (χ0v) is 15.6. The van der Waals surface area contributed by atoms with Crippen molar-refractivity contribution in [2.75, 3.05) is 21.3 Å². The summed E-state index contributed by atoms with van der Waals surface area (Å²) in [5.41, 5.74) is 3.68. The van der Waals surface area contributed by atoms with Crippen LogP contribution in [0.15, 0.2) is 30.5 Å². The number of para-hydroxylation sites is 1. The average Bonchev–Trinajstić information content (AvgIpc) is 3.04. The number of hydrogen-bond donors (Lipinski definition) is 0. The first-order valence-electron chi connectivity index (χ1n) is 8.23. The molecule has 136 valence electrons. The highest BCUT2D eigenvalue weighted by molar-refractivity contribution is 5.99. The number of ether oxygens (including phenoxy) is 2. The third kappa shape index (κ3) is 3.08. The molecule has 0 fully saturated rings. The Kier molecular flexibility index (Phi) is 4.79. The first-order valence-corrected chi connectivity index (χ1v) is 8.23. The molecule has 0 radical (unpaired) electrons. The van der Waals surface area contributed by atoms with E-state index in [-0.39, 0.29) is 5.91 Å². The van der Waals surface area contributed by atoms with Crippen molar-refractivity contribution in [3.8, 4) is 11.5 Å². The fourth-order valence-corrected chi connectivity index (χ4v) is 3.03. The maximum atomic E-state index is 13.0. The van der Waals surface area contributed by atoms with Crippen LogP contribution >= 0.6 is 0 Å². The largest absolute Gasteiger partial charge is 0.493 e. The number of benzene rings is 1. The van der Waals surface area contributed by atoms with E-state index < -0.39 is 0 Å². The zero-order chi connectivity index (χ0) is 18.8. The molecule has 26 heavy (non-hydrogen) atoms. The van der Waals surface area contributed by atoms with Gasteiger partial charge in [-0.2, -0.15) is 5.10 Å². The van der Waals surface area contributed by atoms with Crippen LogP contribution in [-0.4, -0.2) is 46.7 Å². The minimum Gasteiger partial charge on any atom is -0.493 e. The van der Waals surface area contributed by atoms with Crippen molar-refractivity contribution in [2.45, 2.75) is 20.4 Å². The number of amides is 1. The highest BCUT2D eigenvalue weighted by atomic mass is 16.5. The van der Waals surface area contributed by atoms with Gasteiger partial charge in [0, 0.05) is 30.5 Å². The van der Waals surface area contributed by atoms with Crippen LogP contribution in [0.2, 0.25) is 0 Å². The van der Waals surface area contributed by atoms with Crippen molar-refractivity contribution in [3.63, 3.8) is 0 Å². The summed E-state index contributed by atoms with van der Waals surface area (Å²) in [5.74, 6) is 1.11. The molecule has 3 rings (SSSR count). The summed E-state index contributed by atoms with van der Waals surface area (Å²) in [6.45, 7) is 4.22. The molecule has 2 aromatic heterocycles. The Balaban J connectivity index is 1.92. The first-order chi connectivity index (χ1) is 12.5. The molecule has 0 aliphatic rings. The molecule has 0 atom stereocenters. The standard InChI is InChI=1S/C19H22N4O3/c1-12-9-13(2)23-18(21-12)15(10-20-23)19(24)22(3)11-14-7-6-8-16(25-4)17(14)26-5/h6-10H,11H2,1-5H3. The number of rotatable bonds is 5. The van der Waals surface area contributed by atoms with E-state index in [2.05, 4.69) is 10.1 Å². The number of aryl methyl sites for hydroxylation is 2. The fourth-order valence-electron chi connectivity index (χ4n) is 3.03. The van der Waals surface area contributed by atoms with Crippen molar-refractivity contribution >= 4 is 11.6 Å². The quantitative estimate of drug-likeness (QED) is 0.704. The van der Waals surface area contributed by atoms with Gasteiger partial charge in [-0.3, -0.25) is 4.79 Å². The smallest absolute Gasteiger partial charge is 0.259 e. The molecule has 0 aliphatic heterocycles. The van der Waals surface area contributed by atoms with Gasteiger partial charge in [-0.05, 0) is 26.0 Å². The number of carbonyl (C=O) groups excluding carboxylic acids is 1. The van der Waals surface area contributed by atoms with E-state index in [1.807, 2.05) is 38.1 Å². The highest BCUT2D eigenvalue weighted by Crippen LogP contribution is 2.31. The van der Waals surface area contributed by atoms with Gasteiger partial charge in [0.2, 0.25) is 0 Å². The predicted octanol–water partition coefficient (Wildman–Crippen LogP) is 2.64. The Morgan fingerprint density at radius 3 is 2.69 bits per heavy atom. The third-order valence-corrected chi connectivity index (χ3v) is 4.25. The number of nitrogens with zero attached hydrogens (tertiary/aromatic N) is 4. The summed E-state index contributed by atoms with van der Waals surface area (Å²) in [4.78, 5) is 19.1. The topological polar surface area (TPSA) is 69.0 Å². The maximum Gasteiger partial charge on any atom is 0.259 e. The van der Waals surface area contributed by atoms with Crippen LogP contribution in [0.25, 0.3) is 5.65 Å². The van der Waals surface area contributed by atoms with Crippen LogP contribution in [0.5, 0.6) is 11.5 Å². The molecule has 0 saturated carbocycles. The van der Waals surface area contributed by atoms with Gasteiger partial charge in [0.1, 0.15) is 5.56 Å². The van der Waals surface area contributed by atoms with Crippen LogP contribution in [0.1, 0.15) is 27.3 Å². The molecule has 7 nitrogen and oxygen atoms in total. The Bertz CT molecular complexity index is 965. The van der Waals surface area contributed by atoms with Gasteiger partial charge in [-0.25, -0.2) is 9.50 Å². The van der Waals surface area contributed by atoms with E-state index in [1.54, 1.807) is 36.9 Å². The Morgan fingerprint density at radius 1 is 1.23 bits per heavy atom. The fraction of sp³-hybridized carbons (Fsp3) is 0.316. The molecule has 1 aromatic carbocycles. The molecule has 0 aliphatic carbocycles. The van der Waals surface area contributed by atoms with Crippen LogP contribution in [-0.2, 0) is 6.54 Å². The van der Waals surface area contributed by atoms with Crippen molar-refractivity contribution in [1.29, 1.82) is 0 Å². The Hall–Kier alpha value is -3.09. The third-order valence-electron chi connectivity index (χ3n) is 4.25. The summed E-state index contributed by atoms with van der Waals surface area (Å²) in [5, 5.41) is 4.29. The van der Waals surface area contributed by atoms with E-state index in [4.69, 9.17) is 9.47 Å². The van der Waals surface area contributed by atoms with Gasteiger partial charge in [-0.1, -0.05) is 12.1 Å². The van der Waals surface area contributed by atoms with Crippen LogP contribution in [0, 0.1) is 13.8 Å². The molecule has 0 bridgehead atoms. The lowest BCUT2D eigenvalue weighted by molar-refractivity contribution is 0.0785. The summed E-state index contributed by atoms with van der Waals surface area (Å²) in [6.07, 6.45) is 1.57. The SMILES string of the molecule is COc1cccc(CN(C)C(=O)c2cnn3c(C)cc(C)nc23)c1OC. The molecule has 1 amide bonds. The lowest BCUT2D eigenvalue weighted by Crippen LogP contribution is -2.26. The number of carbonyl (C=O) groups is 1. The monoisotopic (exact) mass is 354 g/mol. The number of methoxy groups -OCH3 is 2. The molecule has 2 heterocycles. The second-order valence-electron chi connectivity index (χ2n) is 6.15. The Morgan fingerprint density at radius 2 is 2.00 bits per heavy atom. The van der Waals surface area contributed by atoms with Gasteiger partial charge in [-0.15, -0.1) is 0 Å². The first kappa shape index (κ1) is 17.7. The van der Waals surface area contributed by atoms with E-state index in [0.29, 0.717) is 29.3 Å². The van der Waals surface area contributed by atoms with Crippen LogP contribution < -0.4 is 9.47 Å². The Labute approximate surface area is 152 Å². The summed E-state index contributed by atoms with van der Waals surface area (Å²) in [7, 11) is 4.92. The highest BCUT2D eigenvalue weighted by Gasteiger charge is 2.21. The predicted molar refractivity (Wildman–Crippen MR) is 97.8 cm³/mol. The minimum absolute atomic E-state index is 0.151. The van der Waals surface area contributed by atoms with Gasteiger partial charge in [0.25, 0.3) is 5.91 Å². The van der Waals surface area contributed by atoms with Gasteiger partial charge < -0.3 is 14.4 Å². The maximum absolute atomic E-state index is 13.0. The normalized spacial score (nSPS) is 10.8. The van der Waals surface area contributed by atoms with E-state index in [9.17, 15) is 4.79 Å². The number of aromatic nitrogens is 3. The zero-order valence-electron chi connectivity index (χ0n) is 15.6. The molecule has 0 unspecified atom stereocenters. The van der Waals surface area contributed by atoms with Crippen LogP contribution in [0.4, 0.5) is 0 Å². The number of hydrogen-bond acceptors (Lipinski definition) is 5. The van der Waals surface area contributed by atoms with Crippen molar-refractivity contribution in [2.24, 2.45) is 0 Å². The molecule has 0 saturated heterocycles. The van der Waals surface area contributed by atoms with Gasteiger partial charge in [0.15, 0.2) is 17.1 Å². The average molecular weight is 354 g/mol. The van der Waals surface area contributed by atoms with E-state index in [1.165, 1.54) is 0 Å². The molecule has 0 spiro atoms. The molecule has 7 heteroatoms. The number of fused-ring (bicyclic) bond motifs is 1. The second-order valence-corrected chi connectivity index (χ2v) is 6.15. The second kappa shape index (κ2) is 7.03. The summed E-state index contributed by atoms with van der Waals surface area (Å²) < 4.78 is 12.5. The van der Waals surface area contributed by atoms with E-state index in [0.717, 1.165) is 17.0 Å².